The third kappa shape index (κ3) is 2.41. The van der Waals surface area contributed by atoms with Gasteiger partial charge in [0.15, 0.2) is 5.82 Å². The number of nitrogens with zero attached hydrogens (tertiary/aromatic N) is 2. The number of hydrogen-bond donors (Lipinski definition) is 2. The molecule has 18 heavy (non-hydrogen) atoms. The number of hydrogen-bond acceptors (Lipinski definition) is 5. The molecule has 1 heterocycles. The fourth-order valence-corrected chi connectivity index (χ4v) is 2.29. The number of nitrogens with two attached hydrogens (primary N) is 1. The molecular formula is C12H11FN4S. The van der Waals surface area contributed by atoms with Crippen molar-refractivity contribution in [3.05, 3.63) is 41.2 Å². The van der Waals surface area contributed by atoms with Crippen molar-refractivity contribution in [3.8, 4) is 6.07 Å². The van der Waals surface area contributed by atoms with E-state index in [9.17, 15) is 4.39 Å². The van der Waals surface area contributed by atoms with Gasteiger partial charge in [0.1, 0.15) is 22.5 Å². The summed E-state index contributed by atoms with van der Waals surface area (Å²) in [6, 6.07) is 8.15. The van der Waals surface area contributed by atoms with Crippen LogP contribution in [0.2, 0.25) is 0 Å². The average Bonchev–Trinajstić information content (AvgIpc) is 2.70. The predicted molar refractivity (Wildman–Crippen MR) is 69.7 cm³/mol. The van der Waals surface area contributed by atoms with Gasteiger partial charge in [-0.15, -0.1) is 0 Å². The number of nitrogens with one attached hydrogen (secondary N) is 1. The van der Waals surface area contributed by atoms with E-state index in [4.69, 9.17) is 11.0 Å². The second kappa shape index (κ2) is 5.02. The Hall–Kier alpha value is -2.13. The Kier molecular flexibility index (Phi) is 3.44. The quantitative estimate of drug-likeness (QED) is 0.891. The van der Waals surface area contributed by atoms with Crippen molar-refractivity contribution < 1.29 is 4.39 Å². The number of anilines is 2. The van der Waals surface area contributed by atoms with E-state index in [-0.39, 0.29) is 17.7 Å². The van der Waals surface area contributed by atoms with Crippen molar-refractivity contribution >= 4 is 22.4 Å². The van der Waals surface area contributed by atoms with E-state index in [1.807, 2.05) is 13.0 Å². The number of nitriles is 1. The maximum absolute atomic E-state index is 12.8. The SMILES string of the molecule is CC(Nc1snc(N)c1C#N)c1ccc(F)cc1. The van der Waals surface area contributed by atoms with E-state index in [2.05, 4.69) is 9.69 Å². The van der Waals surface area contributed by atoms with Crippen LogP contribution in [-0.4, -0.2) is 4.37 Å². The lowest BCUT2D eigenvalue weighted by molar-refractivity contribution is 0.626. The Morgan fingerprint density at radius 1 is 1.44 bits per heavy atom. The molecular weight excluding hydrogens is 251 g/mol. The molecule has 92 valence electrons. The molecule has 0 fully saturated rings. The summed E-state index contributed by atoms with van der Waals surface area (Å²) in [6.45, 7) is 1.92. The lowest BCUT2D eigenvalue weighted by atomic mass is 10.1. The minimum absolute atomic E-state index is 0.0578. The molecule has 3 N–H and O–H groups in total. The van der Waals surface area contributed by atoms with Gasteiger partial charge in [0.25, 0.3) is 0 Å². The molecule has 1 aromatic carbocycles. The first-order valence-electron chi connectivity index (χ1n) is 5.29. The molecule has 4 nitrogen and oxygen atoms in total. The van der Waals surface area contributed by atoms with Gasteiger partial charge in [-0.3, -0.25) is 0 Å². The fourth-order valence-electron chi connectivity index (χ4n) is 1.54. The van der Waals surface area contributed by atoms with Gasteiger partial charge in [0.05, 0.1) is 0 Å². The topological polar surface area (TPSA) is 74.7 Å². The van der Waals surface area contributed by atoms with Crippen LogP contribution in [0.5, 0.6) is 0 Å². The molecule has 0 bridgehead atoms. The first kappa shape index (κ1) is 12.3. The van der Waals surface area contributed by atoms with Crippen LogP contribution in [0.4, 0.5) is 15.2 Å². The largest absolute Gasteiger partial charge is 0.382 e. The molecule has 1 unspecified atom stereocenters. The van der Waals surface area contributed by atoms with Crippen molar-refractivity contribution in [2.45, 2.75) is 13.0 Å². The summed E-state index contributed by atoms with van der Waals surface area (Å²) < 4.78 is 16.7. The van der Waals surface area contributed by atoms with Gasteiger partial charge < -0.3 is 11.1 Å². The number of halogens is 1. The first-order valence-corrected chi connectivity index (χ1v) is 6.06. The van der Waals surface area contributed by atoms with Gasteiger partial charge in [-0.1, -0.05) is 12.1 Å². The van der Waals surface area contributed by atoms with Crippen molar-refractivity contribution in [3.63, 3.8) is 0 Å². The van der Waals surface area contributed by atoms with E-state index >= 15 is 0 Å². The van der Waals surface area contributed by atoms with Crippen LogP contribution in [0.25, 0.3) is 0 Å². The third-order valence-corrected chi connectivity index (χ3v) is 3.34. The molecule has 6 heteroatoms. The second-order valence-electron chi connectivity index (χ2n) is 3.80. The van der Waals surface area contributed by atoms with E-state index in [0.29, 0.717) is 10.6 Å². The highest BCUT2D eigenvalue weighted by molar-refractivity contribution is 7.10. The van der Waals surface area contributed by atoms with Crippen LogP contribution in [-0.2, 0) is 0 Å². The molecule has 1 aromatic heterocycles. The standard InChI is InChI=1S/C12H11FN4S/c1-7(8-2-4-9(13)5-3-8)16-12-10(6-14)11(15)17-18-12/h2-5,7,16H,1H3,(H2,15,17). The zero-order valence-electron chi connectivity index (χ0n) is 9.64. The summed E-state index contributed by atoms with van der Waals surface area (Å²) in [4.78, 5) is 0. The summed E-state index contributed by atoms with van der Waals surface area (Å²) in [6.07, 6.45) is 0. The highest BCUT2D eigenvalue weighted by Gasteiger charge is 2.14. The van der Waals surface area contributed by atoms with E-state index in [1.54, 1.807) is 12.1 Å². The van der Waals surface area contributed by atoms with E-state index < -0.39 is 0 Å². The summed E-state index contributed by atoms with van der Waals surface area (Å²) in [5, 5.41) is 12.7. The van der Waals surface area contributed by atoms with Crippen molar-refractivity contribution in [2.24, 2.45) is 0 Å². The molecule has 1 atom stereocenters. The Morgan fingerprint density at radius 2 is 2.11 bits per heavy atom. The van der Waals surface area contributed by atoms with Gasteiger partial charge in [0, 0.05) is 6.04 Å². The van der Waals surface area contributed by atoms with Crippen LogP contribution < -0.4 is 11.1 Å². The van der Waals surface area contributed by atoms with Crippen LogP contribution >= 0.6 is 11.5 Å². The molecule has 2 aromatic rings. The van der Waals surface area contributed by atoms with Crippen molar-refractivity contribution in [2.75, 3.05) is 11.1 Å². The highest BCUT2D eigenvalue weighted by atomic mass is 32.1. The van der Waals surface area contributed by atoms with Crippen LogP contribution in [0.3, 0.4) is 0 Å². The normalized spacial score (nSPS) is 11.8. The third-order valence-electron chi connectivity index (χ3n) is 2.55. The molecule has 0 aliphatic carbocycles. The smallest absolute Gasteiger partial charge is 0.157 e. The molecule has 0 saturated carbocycles. The molecule has 2 rings (SSSR count). The Morgan fingerprint density at radius 3 is 2.72 bits per heavy atom. The maximum Gasteiger partial charge on any atom is 0.157 e. The number of benzene rings is 1. The second-order valence-corrected chi connectivity index (χ2v) is 4.57. The monoisotopic (exact) mass is 262 g/mol. The lowest BCUT2D eigenvalue weighted by Crippen LogP contribution is -2.06. The molecule has 0 spiro atoms. The summed E-state index contributed by atoms with van der Waals surface area (Å²) in [7, 11) is 0. The van der Waals surface area contributed by atoms with Crippen LogP contribution in [0.1, 0.15) is 24.1 Å². The van der Waals surface area contributed by atoms with Crippen LogP contribution in [0, 0.1) is 17.1 Å². The van der Waals surface area contributed by atoms with E-state index in [0.717, 1.165) is 17.1 Å². The minimum atomic E-state index is -0.273. The van der Waals surface area contributed by atoms with Crippen molar-refractivity contribution in [1.29, 1.82) is 5.26 Å². The Balaban J connectivity index is 2.19. The van der Waals surface area contributed by atoms with Crippen molar-refractivity contribution in [1.82, 2.24) is 4.37 Å². The minimum Gasteiger partial charge on any atom is -0.382 e. The summed E-state index contributed by atoms with van der Waals surface area (Å²) in [5.74, 6) is -0.0398. The number of aromatic nitrogens is 1. The Labute approximate surface area is 108 Å². The van der Waals surface area contributed by atoms with Gasteiger partial charge in [-0.25, -0.2) is 4.39 Å². The number of nitrogen functional groups attached to an aromatic ring is 1. The molecule has 0 aliphatic heterocycles. The zero-order valence-corrected chi connectivity index (χ0v) is 10.5. The van der Waals surface area contributed by atoms with Gasteiger partial charge in [0.2, 0.25) is 0 Å². The number of rotatable bonds is 3. The van der Waals surface area contributed by atoms with Gasteiger partial charge in [-0.05, 0) is 36.2 Å². The predicted octanol–water partition coefficient (Wildman–Crippen LogP) is 2.91. The lowest BCUT2D eigenvalue weighted by Gasteiger charge is -2.13. The van der Waals surface area contributed by atoms with Gasteiger partial charge >= 0.3 is 0 Å². The average molecular weight is 262 g/mol. The first-order chi connectivity index (χ1) is 8.61. The summed E-state index contributed by atoms with van der Waals surface area (Å²) in [5.41, 5.74) is 6.85. The van der Waals surface area contributed by atoms with Gasteiger partial charge in [-0.2, -0.15) is 9.64 Å². The maximum atomic E-state index is 12.8. The zero-order chi connectivity index (χ0) is 13.1. The molecule has 0 radical (unpaired) electrons. The Bertz CT molecular complexity index is 585. The molecule has 0 amide bonds. The fraction of sp³-hybridized carbons (Fsp3) is 0.167. The highest BCUT2D eigenvalue weighted by Crippen LogP contribution is 2.29. The molecule has 0 saturated heterocycles. The van der Waals surface area contributed by atoms with Crippen LogP contribution in [0.15, 0.2) is 24.3 Å². The summed E-state index contributed by atoms with van der Waals surface area (Å²) >= 11 is 1.14. The molecule has 0 aliphatic rings. The van der Waals surface area contributed by atoms with E-state index in [1.165, 1.54) is 12.1 Å².